The van der Waals surface area contributed by atoms with Crippen LogP contribution in [0, 0.1) is 6.92 Å². The highest BCUT2D eigenvalue weighted by Crippen LogP contribution is 2.21. The normalized spacial score (nSPS) is 11.8. The van der Waals surface area contributed by atoms with E-state index in [2.05, 4.69) is 10.6 Å². The third-order valence-corrected chi connectivity index (χ3v) is 7.17. The van der Waals surface area contributed by atoms with Crippen molar-refractivity contribution in [3.8, 4) is 0 Å². The Morgan fingerprint density at radius 1 is 0.645 bits per heavy atom. The summed E-state index contributed by atoms with van der Waals surface area (Å²) >= 11 is 0. The van der Waals surface area contributed by atoms with Gasteiger partial charge in [-0.2, -0.15) is 0 Å². The lowest BCUT2D eigenvalue weighted by atomic mass is 10.1. The van der Waals surface area contributed by atoms with Crippen LogP contribution in [-0.2, 0) is 32.8 Å². The fourth-order valence-corrected chi connectivity index (χ4v) is 4.34. The highest BCUT2D eigenvalue weighted by atomic mass is 32.2. The van der Waals surface area contributed by atoms with Gasteiger partial charge in [0.15, 0.2) is 19.7 Å². The number of hydrogen-bond acceptors (Lipinski definition) is 6. The lowest BCUT2D eigenvalue weighted by molar-refractivity contribution is 0.600. The van der Waals surface area contributed by atoms with Crippen LogP contribution in [0.3, 0.4) is 0 Å². The van der Waals surface area contributed by atoms with Gasteiger partial charge in [0.2, 0.25) is 0 Å². The van der Waals surface area contributed by atoms with Crippen molar-refractivity contribution < 1.29 is 16.8 Å². The molecule has 0 atom stereocenters. The summed E-state index contributed by atoms with van der Waals surface area (Å²) in [7, 11) is -6.37. The number of nitrogens with one attached hydrogen (secondary N) is 2. The summed E-state index contributed by atoms with van der Waals surface area (Å²) in [6, 6.07) is 19.7. The van der Waals surface area contributed by atoms with E-state index in [9.17, 15) is 16.8 Å². The summed E-state index contributed by atoms with van der Waals surface area (Å²) in [4.78, 5) is 0.627. The molecule has 0 aromatic heterocycles. The van der Waals surface area contributed by atoms with Crippen molar-refractivity contribution in [2.45, 2.75) is 29.8 Å². The van der Waals surface area contributed by atoms with Gasteiger partial charge in [-0.1, -0.05) is 24.3 Å². The average molecular weight is 459 g/mol. The fraction of sp³-hybridized carbons (Fsp3) is 0.217. The van der Waals surface area contributed by atoms with Gasteiger partial charge in [-0.25, -0.2) is 16.8 Å². The van der Waals surface area contributed by atoms with Crippen LogP contribution >= 0.6 is 0 Å². The predicted molar refractivity (Wildman–Crippen MR) is 125 cm³/mol. The van der Waals surface area contributed by atoms with Crippen LogP contribution < -0.4 is 10.6 Å². The molecule has 0 unspecified atom stereocenters. The molecule has 164 valence electrons. The molecular weight excluding hydrogens is 432 g/mol. The topological polar surface area (TPSA) is 92.3 Å². The molecule has 0 saturated carbocycles. The molecule has 0 amide bonds. The van der Waals surface area contributed by atoms with E-state index in [0.29, 0.717) is 22.9 Å². The number of hydrogen-bond donors (Lipinski definition) is 2. The quantitative estimate of drug-likeness (QED) is 0.530. The molecule has 0 aliphatic heterocycles. The molecule has 0 fully saturated rings. The summed E-state index contributed by atoms with van der Waals surface area (Å²) in [5.74, 6) is 0. The number of benzene rings is 3. The molecule has 0 spiro atoms. The standard InChI is InChI=1S/C23H26N2O4S2/c1-17-14-20(24-15-18-4-9-21(10-5-18)30(2,26)27)8-13-23(17)25-16-19-6-11-22(12-7-19)31(3,28)29/h4-14,24-25H,15-16H2,1-3H3. The van der Waals surface area contributed by atoms with E-state index in [1.165, 1.54) is 12.5 Å². The van der Waals surface area contributed by atoms with Crippen molar-refractivity contribution in [1.82, 2.24) is 0 Å². The summed E-state index contributed by atoms with van der Waals surface area (Å²) in [6.07, 6.45) is 2.40. The second-order valence-electron chi connectivity index (χ2n) is 7.57. The third kappa shape index (κ3) is 6.32. The van der Waals surface area contributed by atoms with Crippen molar-refractivity contribution in [3.63, 3.8) is 0 Å². The molecule has 0 bridgehead atoms. The van der Waals surface area contributed by atoms with E-state index in [4.69, 9.17) is 0 Å². The van der Waals surface area contributed by atoms with Gasteiger partial charge >= 0.3 is 0 Å². The summed E-state index contributed by atoms with van der Waals surface area (Å²) in [5.41, 5.74) is 5.02. The zero-order valence-electron chi connectivity index (χ0n) is 17.7. The monoisotopic (exact) mass is 458 g/mol. The lowest BCUT2D eigenvalue weighted by Gasteiger charge is -2.13. The zero-order valence-corrected chi connectivity index (χ0v) is 19.3. The predicted octanol–water partition coefficient (Wildman–Crippen LogP) is 4.03. The molecule has 2 N–H and O–H groups in total. The van der Waals surface area contributed by atoms with Gasteiger partial charge in [-0.3, -0.25) is 0 Å². The number of aryl methyl sites for hydroxylation is 1. The number of anilines is 2. The van der Waals surface area contributed by atoms with E-state index in [-0.39, 0.29) is 0 Å². The zero-order chi connectivity index (χ0) is 22.6. The molecule has 0 aliphatic carbocycles. The molecule has 0 saturated heterocycles. The molecule has 6 nitrogen and oxygen atoms in total. The number of sulfone groups is 2. The Labute approximate surface area is 184 Å². The van der Waals surface area contributed by atoms with Gasteiger partial charge in [0, 0.05) is 37.0 Å². The minimum absolute atomic E-state index is 0.313. The maximum atomic E-state index is 11.6. The fourth-order valence-electron chi connectivity index (χ4n) is 3.08. The van der Waals surface area contributed by atoms with Gasteiger partial charge < -0.3 is 10.6 Å². The molecule has 0 aliphatic rings. The minimum atomic E-state index is -3.19. The van der Waals surface area contributed by atoms with Gasteiger partial charge in [-0.05, 0) is 66.1 Å². The number of rotatable bonds is 8. The molecule has 3 rings (SSSR count). The second-order valence-corrected chi connectivity index (χ2v) is 11.6. The van der Waals surface area contributed by atoms with Gasteiger partial charge in [0.1, 0.15) is 0 Å². The minimum Gasteiger partial charge on any atom is -0.381 e. The first-order valence-corrected chi connectivity index (χ1v) is 13.5. The van der Waals surface area contributed by atoms with E-state index < -0.39 is 19.7 Å². The van der Waals surface area contributed by atoms with Gasteiger partial charge in [0.25, 0.3) is 0 Å². The van der Waals surface area contributed by atoms with E-state index in [0.717, 1.165) is 28.1 Å². The average Bonchev–Trinajstić information content (AvgIpc) is 2.71. The van der Waals surface area contributed by atoms with Crippen LogP contribution in [0.4, 0.5) is 11.4 Å². The van der Waals surface area contributed by atoms with Crippen molar-refractivity contribution in [1.29, 1.82) is 0 Å². The Kier molecular flexibility index (Phi) is 6.71. The smallest absolute Gasteiger partial charge is 0.175 e. The Morgan fingerprint density at radius 2 is 1.10 bits per heavy atom. The van der Waals surface area contributed by atoms with Crippen LogP contribution in [-0.4, -0.2) is 29.3 Å². The Morgan fingerprint density at radius 3 is 1.52 bits per heavy atom. The van der Waals surface area contributed by atoms with Crippen molar-refractivity contribution in [2.24, 2.45) is 0 Å². The van der Waals surface area contributed by atoms with Crippen LogP contribution in [0.2, 0.25) is 0 Å². The first-order valence-electron chi connectivity index (χ1n) is 9.69. The first kappa shape index (κ1) is 22.8. The van der Waals surface area contributed by atoms with Crippen LogP contribution in [0.1, 0.15) is 16.7 Å². The molecule has 8 heteroatoms. The van der Waals surface area contributed by atoms with Crippen molar-refractivity contribution >= 4 is 31.0 Å². The first-order chi connectivity index (χ1) is 14.5. The Bertz CT molecular complexity index is 1270. The van der Waals surface area contributed by atoms with Gasteiger partial charge in [0.05, 0.1) is 9.79 Å². The molecular formula is C23H26N2O4S2. The molecule has 0 radical (unpaired) electrons. The molecule has 3 aromatic rings. The Hall–Kier alpha value is -2.84. The summed E-state index contributed by atoms with van der Waals surface area (Å²) in [5, 5.41) is 6.72. The van der Waals surface area contributed by atoms with E-state index in [1.807, 2.05) is 37.3 Å². The molecule has 31 heavy (non-hydrogen) atoms. The highest BCUT2D eigenvalue weighted by Gasteiger charge is 2.08. The van der Waals surface area contributed by atoms with E-state index >= 15 is 0 Å². The van der Waals surface area contributed by atoms with Gasteiger partial charge in [-0.15, -0.1) is 0 Å². The largest absolute Gasteiger partial charge is 0.381 e. The van der Waals surface area contributed by atoms with Crippen molar-refractivity contribution in [3.05, 3.63) is 83.4 Å². The van der Waals surface area contributed by atoms with Crippen molar-refractivity contribution in [2.75, 3.05) is 23.1 Å². The van der Waals surface area contributed by atoms with Crippen LogP contribution in [0.25, 0.3) is 0 Å². The lowest BCUT2D eigenvalue weighted by Crippen LogP contribution is -2.04. The van der Waals surface area contributed by atoms with E-state index in [1.54, 1.807) is 36.4 Å². The summed E-state index contributed by atoms with van der Waals surface area (Å²) in [6.45, 7) is 3.19. The SMILES string of the molecule is Cc1cc(NCc2ccc(S(C)(=O)=O)cc2)ccc1NCc1ccc(S(C)(=O)=O)cc1. The maximum Gasteiger partial charge on any atom is 0.175 e. The summed E-state index contributed by atoms with van der Waals surface area (Å²) < 4.78 is 46.2. The molecule has 0 heterocycles. The maximum absolute atomic E-state index is 11.6. The Balaban J connectivity index is 1.58. The van der Waals surface area contributed by atoms with Crippen LogP contribution in [0.5, 0.6) is 0 Å². The highest BCUT2D eigenvalue weighted by molar-refractivity contribution is 7.91. The second kappa shape index (κ2) is 9.11. The third-order valence-electron chi connectivity index (χ3n) is 4.91. The molecule has 3 aromatic carbocycles. The van der Waals surface area contributed by atoms with Crippen LogP contribution in [0.15, 0.2) is 76.5 Å².